The van der Waals surface area contributed by atoms with Crippen LogP contribution in [0.3, 0.4) is 0 Å². The van der Waals surface area contributed by atoms with Gasteiger partial charge in [-0.25, -0.2) is 4.39 Å². The molecule has 168 valence electrons. The van der Waals surface area contributed by atoms with Gasteiger partial charge in [0.15, 0.2) is 6.61 Å². The quantitative estimate of drug-likeness (QED) is 0.610. The molecule has 1 atom stereocenters. The van der Waals surface area contributed by atoms with Gasteiger partial charge in [0.25, 0.3) is 5.91 Å². The standard InChI is InChI=1S/C25H33FN2O3/c1-6-22(25(30)27-14-17(2)3)28(15-20-10-12-21(26)13-11-20)24(29)16-31-23-9-7-8-18(4)19(23)5/h7-13,17,22H,6,14-16H2,1-5H3,(H,27,30)/t22-/m0/s1. The summed E-state index contributed by atoms with van der Waals surface area (Å²) < 4.78 is 19.1. The van der Waals surface area contributed by atoms with Gasteiger partial charge in [-0.2, -0.15) is 0 Å². The number of carbonyl (C=O) groups excluding carboxylic acids is 2. The molecule has 0 spiro atoms. The van der Waals surface area contributed by atoms with Crippen LogP contribution in [0.2, 0.25) is 0 Å². The van der Waals surface area contributed by atoms with E-state index in [1.807, 2.05) is 52.8 Å². The number of nitrogens with one attached hydrogen (secondary N) is 1. The van der Waals surface area contributed by atoms with Gasteiger partial charge in [-0.15, -0.1) is 0 Å². The molecule has 0 radical (unpaired) electrons. The van der Waals surface area contributed by atoms with Crippen LogP contribution in [0, 0.1) is 25.6 Å². The van der Waals surface area contributed by atoms with E-state index in [4.69, 9.17) is 4.74 Å². The lowest BCUT2D eigenvalue weighted by Crippen LogP contribution is -2.50. The highest BCUT2D eigenvalue weighted by Gasteiger charge is 2.29. The number of aryl methyl sites for hydroxylation is 1. The van der Waals surface area contributed by atoms with Crippen molar-refractivity contribution in [2.75, 3.05) is 13.2 Å². The number of nitrogens with zero attached hydrogens (tertiary/aromatic N) is 1. The van der Waals surface area contributed by atoms with Gasteiger partial charge >= 0.3 is 0 Å². The molecule has 0 aliphatic heterocycles. The van der Waals surface area contributed by atoms with Crippen LogP contribution in [0.25, 0.3) is 0 Å². The maximum absolute atomic E-state index is 13.3. The maximum atomic E-state index is 13.3. The van der Waals surface area contributed by atoms with Crippen LogP contribution < -0.4 is 10.1 Å². The van der Waals surface area contributed by atoms with Crippen molar-refractivity contribution in [3.05, 3.63) is 65.0 Å². The zero-order valence-electron chi connectivity index (χ0n) is 19.1. The van der Waals surface area contributed by atoms with Crippen LogP contribution >= 0.6 is 0 Å². The Labute approximate surface area is 184 Å². The fourth-order valence-corrected chi connectivity index (χ4v) is 3.23. The lowest BCUT2D eigenvalue weighted by Gasteiger charge is -2.31. The second kappa shape index (κ2) is 11.5. The topological polar surface area (TPSA) is 58.6 Å². The minimum absolute atomic E-state index is 0.181. The summed E-state index contributed by atoms with van der Waals surface area (Å²) in [4.78, 5) is 27.5. The van der Waals surface area contributed by atoms with Gasteiger partial charge in [0.1, 0.15) is 17.6 Å². The Hall–Kier alpha value is -2.89. The first-order valence-electron chi connectivity index (χ1n) is 10.7. The van der Waals surface area contributed by atoms with Crippen molar-refractivity contribution >= 4 is 11.8 Å². The van der Waals surface area contributed by atoms with Crippen LogP contribution in [-0.2, 0) is 16.1 Å². The molecule has 2 aromatic carbocycles. The minimum Gasteiger partial charge on any atom is -0.483 e. The number of hydrogen-bond acceptors (Lipinski definition) is 3. The fraction of sp³-hybridized carbons (Fsp3) is 0.440. The maximum Gasteiger partial charge on any atom is 0.261 e. The minimum atomic E-state index is -0.640. The van der Waals surface area contributed by atoms with Gasteiger partial charge in [-0.1, -0.05) is 45.0 Å². The third kappa shape index (κ3) is 7.09. The molecular formula is C25H33FN2O3. The van der Waals surface area contributed by atoms with E-state index in [1.54, 1.807) is 12.1 Å². The molecule has 5 nitrogen and oxygen atoms in total. The number of carbonyl (C=O) groups is 2. The predicted octanol–water partition coefficient (Wildman–Crippen LogP) is 4.40. The summed E-state index contributed by atoms with van der Waals surface area (Å²) in [6.45, 7) is 10.4. The van der Waals surface area contributed by atoms with Gasteiger partial charge < -0.3 is 15.0 Å². The number of halogens is 1. The van der Waals surface area contributed by atoms with Crippen LogP contribution in [0.1, 0.15) is 43.9 Å². The Morgan fingerprint density at radius 2 is 1.77 bits per heavy atom. The van der Waals surface area contributed by atoms with Crippen molar-refractivity contribution < 1.29 is 18.7 Å². The molecule has 0 unspecified atom stereocenters. The zero-order chi connectivity index (χ0) is 23.0. The lowest BCUT2D eigenvalue weighted by molar-refractivity contribution is -0.143. The number of benzene rings is 2. The van der Waals surface area contributed by atoms with E-state index in [1.165, 1.54) is 17.0 Å². The summed E-state index contributed by atoms with van der Waals surface area (Å²) in [7, 11) is 0. The Morgan fingerprint density at radius 1 is 1.10 bits per heavy atom. The molecule has 6 heteroatoms. The van der Waals surface area contributed by atoms with Crippen molar-refractivity contribution in [1.29, 1.82) is 0 Å². The molecule has 0 saturated carbocycles. The average Bonchev–Trinajstić information content (AvgIpc) is 2.74. The summed E-state index contributed by atoms with van der Waals surface area (Å²) in [6.07, 6.45) is 0.459. The third-order valence-corrected chi connectivity index (χ3v) is 5.24. The molecular weight excluding hydrogens is 395 g/mol. The smallest absolute Gasteiger partial charge is 0.261 e. The molecule has 0 aromatic heterocycles. The van der Waals surface area contributed by atoms with Crippen molar-refractivity contribution in [2.24, 2.45) is 5.92 Å². The van der Waals surface area contributed by atoms with Gasteiger partial charge in [-0.05, 0) is 61.1 Å². The van der Waals surface area contributed by atoms with Crippen molar-refractivity contribution in [3.8, 4) is 5.75 Å². The van der Waals surface area contributed by atoms with Crippen molar-refractivity contribution in [1.82, 2.24) is 10.2 Å². The lowest BCUT2D eigenvalue weighted by atomic mass is 10.1. The van der Waals surface area contributed by atoms with E-state index >= 15 is 0 Å². The highest BCUT2D eigenvalue weighted by molar-refractivity contribution is 5.88. The molecule has 0 bridgehead atoms. The van der Waals surface area contributed by atoms with Crippen LogP contribution in [0.15, 0.2) is 42.5 Å². The van der Waals surface area contributed by atoms with E-state index in [2.05, 4.69) is 5.32 Å². The highest BCUT2D eigenvalue weighted by atomic mass is 19.1. The Kier molecular flexibility index (Phi) is 9.03. The van der Waals surface area contributed by atoms with E-state index in [-0.39, 0.29) is 30.8 Å². The normalized spacial score (nSPS) is 11.8. The van der Waals surface area contributed by atoms with E-state index < -0.39 is 6.04 Å². The summed E-state index contributed by atoms with van der Waals surface area (Å²) in [5.41, 5.74) is 2.80. The Bertz CT molecular complexity index is 881. The predicted molar refractivity (Wildman–Crippen MR) is 120 cm³/mol. The number of hydrogen-bond donors (Lipinski definition) is 1. The average molecular weight is 429 g/mol. The molecule has 2 amide bonds. The molecule has 0 fully saturated rings. The molecule has 0 saturated heterocycles. The van der Waals surface area contributed by atoms with Crippen LogP contribution in [-0.4, -0.2) is 35.9 Å². The van der Waals surface area contributed by atoms with Crippen LogP contribution in [0.4, 0.5) is 4.39 Å². The number of rotatable bonds is 10. The second-order valence-electron chi connectivity index (χ2n) is 8.20. The van der Waals surface area contributed by atoms with E-state index in [0.717, 1.165) is 16.7 Å². The Morgan fingerprint density at radius 3 is 2.39 bits per heavy atom. The third-order valence-electron chi connectivity index (χ3n) is 5.24. The van der Waals surface area contributed by atoms with Crippen molar-refractivity contribution in [3.63, 3.8) is 0 Å². The summed E-state index contributed by atoms with van der Waals surface area (Å²) in [6, 6.07) is 11.0. The largest absolute Gasteiger partial charge is 0.483 e. The first-order valence-corrected chi connectivity index (χ1v) is 10.7. The molecule has 2 rings (SSSR count). The van der Waals surface area contributed by atoms with Gasteiger partial charge in [0, 0.05) is 13.1 Å². The summed E-state index contributed by atoms with van der Waals surface area (Å²) in [5, 5.41) is 2.92. The molecule has 31 heavy (non-hydrogen) atoms. The van der Waals surface area contributed by atoms with Gasteiger partial charge in [0.2, 0.25) is 5.91 Å². The summed E-state index contributed by atoms with van der Waals surface area (Å²) in [5.74, 6) is 0.111. The fourth-order valence-electron chi connectivity index (χ4n) is 3.23. The number of ether oxygens (including phenoxy) is 1. The number of amides is 2. The van der Waals surface area contributed by atoms with Gasteiger partial charge in [-0.3, -0.25) is 9.59 Å². The first-order chi connectivity index (χ1) is 14.7. The SMILES string of the molecule is CC[C@@H](C(=O)NCC(C)C)N(Cc1ccc(F)cc1)C(=O)COc1cccc(C)c1C. The molecule has 0 heterocycles. The highest BCUT2D eigenvalue weighted by Crippen LogP contribution is 2.21. The molecule has 0 aliphatic rings. The summed E-state index contributed by atoms with van der Waals surface area (Å²) >= 11 is 0. The van der Waals surface area contributed by atoms with Crippen LogP contribution in [0.5, 0.6) is 5.75 Å². The monoisotopic (exact) mass is 428 g/mol. The zero-order valence-corrected chi connectivity index (χ0v) is 19.1. The van der Waals surface area contributed by atoms with Crippen molar-refractivity contribution in [2.45, 2.75) is 53.6 Å². The first kappa shape index (κ1) is 24.4. The van der Waals surface area contributed by atoms with E-state index in [0.29, 0.717) is 24.6 Å². The molecule has 0 aliphatic carbocycles. The van der Waals surface area contributed by atoms with Gasteiger partial charge in [0.05, 0.1) is 0 Å². The second-order valence-corrected chi connectivity index (χ2v) is 8.20. The molecule has 2 aromatic rings. The van der Waals surface area contributed by atoms with E-state index in [9.17, 15) is 14.0 Å². The molecule has 1 N–H and O–H groups in total. The Balaban J connectivity index is 2.21.